The van der Waals surface area contributed by atoms with E-state index in [0.717, 1.165) is 62.5 Å². The Balaban J connectivity index is 1.18. The Hall–Kier alpha value is -3.00. The molecule has 0 radical (unpaired) electrons. The molecular weight excluding hydrogens is 688 g/mol. The minimum atomic E-state index is -1.16. The Labute approximate surface area is 320 Å². The molecule has 288 valence electrons. The number of rotatable bonds is 8. The van der Waals surface area contributed by atoms with Crippen LogP contribution in [-0.4, -0.2) is 39.1 Å². The molecule has 0 amide bonds. The summed E-state index contributed by atoms with van der Waals surface area (Å²) in [6.45, 7) is 19.7. The molecule has 1 aromatic carbocycles. The molecule has 2 aromatic rings. The second-order valence-corrected chi connectivity index (χ2v) is 20.2. The fourth-order valence-corrected chi connectivity index (χ4v) is 13.3. The highest BCUT2D eigenvalue weighted by molar-refractivity contribution is 6.33. The third-order valence-electron chi connectivity index (χ3n) is 16.0. The van der Waals surface area contributed by atoms with Crippen LogP contribution in [0.25, 0.3) is 11.5 Å². The lowest BCUT2D eigenvalue weighted by Gasteiger charge is -2.72. The number of carboxylic acid groups (broad SMARTS) is 1. The maximum absolute atomic E-state index is 14.1. The minimum absolute atomic E-state index is 0.0148. The molecule has 1 heterocycles. The molecule has 7 rings (SSSR count). The second-order valence-electron chi connectivity index (χ2n) is 19.8. The van der Waals surface area contributed by atoms with Crippen molar-refractivity contribution in [2.24, 2.45) is 56.2 Å². The van der Waals surface area contributed by atoms with Gasteiger partial charge in [0.15, 0.2) is 5.78 Å². The molecule has 9 heteroatoms. The summed E-state index contributed by atoms with van der Waals surface area (Å²) in [5.41, 5.74) is 1.57. The molecule has 0 saturated heterocycles. The number of aliphatic carboxylic acids is 1. The number of hydrogen-bond acceptors (Lipinski definition) is 7. The lowest BCUT2D eigenvalue weighted by atomic mass is 9.33. The van der Waals surface area contributed by atoms with E-state index in [1.54, 1.807) is 13.8 Å². The summed E-state index contributed by atoms with van der Waals surface area (Å²) in [6.07, 6.45) is 8.73. The van der Waals surface area contributed by atoms with Crippen molar-refractivity contribution in [3.63, 3.8) is 0 Å². The van der Waals surface area contributed by atoms with Gasteiger partial charge in [0.2, 0.25) is 11.8 Å². The molecule has 4 saturated carbocycles. The quantitative estimate of drug-likeness (QED) is 0.265. The van der Waals surface area contributed by atoms with E-state index in [9.17, 15) is 19.5 Å². The zero-order valence-electron chi connectivity index (χ0n) is 33.2. The number of nitrogens with zero attached hydrogens (tertiary/aromatic N) is 2. The molecule has 53 heavy (non-hydrogen) atoms. The normalized spacial score (nSPS) is 36.4. The molecule has 5 aliphatic rings. The SMILES string of the molecule is CC(C)C1=C2[C@H]3CC[C@@H]4[C@@]5(C)CC[C@H](OC(=O)CC(C)(C)C(=O)O)C(C)(C)[C@@H]5CC[C@@]4(C)[C@]3(C)CC[C@@]2(Cc2nnc(-c3ccccc3Cl)o2)CC1=O. The average molecular weight is 747 g/mol. The molecule has 8 atom stereocenters. The third-order valence-corrected chi connectivity index (χ3v) is 16.3. The van der Waals surface area contributed by atoms with Crippen molar-refractivity contribution in [2.45, 2.75) is 139 Å². The molecule has 0 bridgehead atoms. The Morgan fingerprint density at radius 2 is 1.68 bits per heavy atom. The number of esters is 1. The zero-order valence-corrected chi connectivity index (χ0v) is 34.0. The predicted molar refractivity (Wildman–Crippen MR) is 204 cm³/mol. The van der Waals surface area contributed by atoms with Crippen LogP contribution in [0.3, 0.4) is 0 Å². The lowest BCUT2D eigenvalue weighted by molar-refractivity contribution is -0.233. The van der Waals surface area contributed by atoms with Crippen LogP contribution in [0, 0.1) is 56.2 Å². The van der Waals surface area contributed by atoms with E-state index >= 15 is 0 Å². The van der Waals surface area contributed by atoms with Crippen LogP contribution in [-0.2, 0) is 25.5 Å². The molecule has 4 fully saturated rings. The van der Waals surface area contributed by atoms with Crippen molar-refractivity contribution >= 4 is 29.3 Å². The van der Waals surface area contributed by atoms with E-state index in [2.05, 4.69) is 58.7 Å². The number of carbonyl (C=O) groups excluding carboxylic acids is 2. The van der Waals surface area contributed by atoms with Crippen molar-refractivity contribution in [1.82, 2.24) is 10.2 Å². The first-order chi connectivity index (χ1) is 24.7. The van der Waals surface area contributed by atoms with Crippen LogP contribution in [0.2, 0.25) is 5.02 Å². The van der Waals surface area contributed by atoms with Gasteiger partial charge in [-0.05, 0) is 123 Å². The van der Waals surface area contributed by atoms with Crippen molar-refractivity contribution < 1.29 is 28.6 Å². The first-order valence-electron chi connectivity index (χ1n) is 20.0. The number of benzene rings is 1. The highest BCUT2D eigenvalue weighted by Gasteiger charge is 2.70. The van der Waals surface area contributed by atoms with Crippen LogP contribution < -0.4 is 0 Å². The van der Waals surface area contributed by atoms with Gasteiger partial charge in [0.1, 0.15) is 6.10 Å². The number of carbonyl (C=O) groups is 3. The van der Waals surface area contributed by atoms with Gasteiger partial charge in [-0.15, -0.1) is 10.2 Å². The van der Waals surface area contributed by atoms with Gasteiger partial charge in [-0.25, -0.2) is 0 Å². The highest BCUT2D eigenvalue weighted by atomic mass is 35.5. The fourth-order valence-electron chi connectivity index (χ4n) is 13.1. The van der Waals surface area contributed by atoms with Crippen LogP contribution in [0.4, 0.5) is 0 Å². The number of hydrogen-bond donors (Lipinski definition) is 1. The van der Waals surface area contributed by atoms with Gasteiger partial charge in [0.25, 0.3) is 0 Å². The van der Waals surface area contributed by atoms with E-state index < -0.39 is 17.4 Å². The number of allylic oxidation sites excluding steroid dienone is 2. The predicted octanol–water partition coefficient (Wildman–Crippen LogP) is 10.3. The van der Waals surface area contributed by atoms with Gasteiger partial charge in [-0.3, -0.25) is 14.4 Å². The Bertz CT molecular complexity index is 1860. The molecule has 1 N–H and O–H groups in total. The number of carboxylic acids is 1. The van der Waals surface area contributed by atoms with Crippen molar-refractivity contribution in [2.75, 3.05) is 0 Å². The van der Waals surface area contributed by atoms with Gasteiger partial charge in [0.05, 0.1) is 22.4 Å². The molecule has 8 nitrogen and oxygen atoms in total. The van der Waals surface area contributed by atoms with Crippen LogP contribution in [0.5, 0.6) is 0 Å². The molecule has 0 unspecified atom stereocenters. The van der Waals surface area contributed by atoms with Crippen molar-refractivity contribution in [3.05, 3.63) is 46.3 Å². The van der Waals surface area contributed by atoms with Crippen LogP contribution in [0.1, 0.15) is 132 Å². The summed E-state index contributed by atoms with van der Waals surface area (Å²) in [6, 6.07) is 7.51. The fraction of sp³-hybridized carbons (Fsp3) is 0.705. The van der Waals surface area contributed by atoms with Crippen LogP contribution >= 0.6 is 11.6 Å². The monoisotopic (exact) mass is 746 g/mol. The summed E-state index contributed by atoms with van der Waals surface area (Å²) in [7, 11) is 0. The summed E-state index contributed by atoms with van der Waals surface area (Å²) >= 11 is 6.49. The maximum atomic E-state index is 14.1. The van der Waals surface area contributed by atoms with Crippen molar-refractivity contribution in [3.8, 4) is 11.5 Å². The number of aromatic nitrogens is 2. The maximum Gasteiger partial charge on any atom is 0.309 e. The number of fused-ring (bicyclic) bond motifs is 7. The smallest absolute Gasteiger partial charge is 0.309 e. The summed E-state index contributed by atoms with van der Waals surface area (Å²) in [5, 5.41) is 19.1. The number of halogens is 1. The Kier molecular flexibility index (Phi) is 9.23. The standard InChI is InChI=1S/C44H59ClN2O6/c1-25(2)35-29(48)22-44(23-33-46-47-37(53-33)26-12-10-11-13-28(26)45)21-20-42(8)27(36(35)44)14-15-31-41(7)18-17-32(52-34(49)24-39(3,4)38(50)51)40(5,6)30(41)16-19-43(31,42)9/h10-13,25,27,30-32H,14-24H2,1-9H3,(H,50,51)/t27-,30+,31-,32+,41+,42-,43-,44+/m1/s1. The zero-order chi connectivity index (χ0) is 38.5. The van der Waals surface area contributed by atoms with Gasteiger partial charge in [-0.2, -0.15) is 0 Å². The molecule has 0 aliphatic heterocycles. The van der Waals surface area contributed by atoms with E-state index in [1.807, 2.05) is 24.3 Å². The molecule has 0 spiro atoms. The van der Waals surface area contributed by atoms with E-state index in [1.165, 1.54) is 5.57 Å². The lowest BCUT2D eigenvalue weighted by Crippen LogP contribution is -2.65. The third kappa shape index (κ3) is 5.77. The number of ether oxygens (including phenoxy) is 1. The van der Waals surface area contributed by atoms with Crippen LogP contribution in [0.15, 0.2) is 39.8 Å². The first-order valence-corrected chi connectivity index (χ1v) is 20.4. The van der Waals surface area contributed by atoms with Crippen molar-refractivity contribution in [1.29, 1.82) is 0 Å². The average Bonchev–Trinajstić information content (AvgIpc) is 3.64. The number of Topliss-reactive ketones (excluding diaryl/α,β-unsaturated/α-hetero) is 1. The summed E-state index contributed by atoms with van der Waals surface area (Å²) < 4.78 is 12.5. The largest absolute Gasteiger partial charge is 0.481 e. The summed E-state index contributed by atoms with van der Waals surface area (Å²) in [4.78, 5) is 39.0. The Morgan fingerprint density at radius 1 is 0.962 bits per heavy atom. The van der Waals surface area contributed by atoms with Gasteiger partial charge in [-0.1, -0.05) is 77.8 Å². The molecular formula is C44H59ClN2O6. The molecule has 1 aromatic heterocycles. The Morgan fingerprint density at radius 3 is 2.36 bits per heavy atom. The highest BCUT2D eigenvalue weighted by Crippen LogP contribution is 2.77. The van der Waals surface area contributed by atoms with E-state index in [0.29, 0.717) is 47.4 Å². The minimum Gasteiger partial charge on any atom is -0.481 e. The summed E-state index contributed by atoms with van der Waals surface area (Å²) in [5.74, 6) is 1.17. The van der Waals surface area contributed by atoms with Gasteiger partial charge >= 0.3 is 11.9 Å². The first kappa shape index (κ1) is 38.3. The number of ketones is 1. The van der Waals surface area contributed by atoms with E-state index in [4.69, 9.17) is 20.8 Å². The van der Waals surface area contributed by atoms with E-state index in [-0.39, 0.29) is 51.3 Å². The molecule has 5 aliphatic carbocycles. The second kappa shape index (κ2) is 12.8. The van der Waals surface area contributed by atoms with Gasteiger partial charge in [0, 0.05) is 23.7 Å². The topological polar surface area (TPSA) is 120 Å². The van der Waals surface area contributed by atoms with Gasteiger partial charge < -0.3 is 14.3 Å².